The lowest BCUT2D eigenvalue weighted by molar-refractivity contribution is -0.119. The summed E-state index contributed by atoms with van der Waals surface area (Å²) < 4.78 is 0. The van der Waals surface area contributed by atoms with Gasteiger partial charge in [0.2, 0.25) is 5.91 Å². The summed E-state index contributed by atoms with van der Waals surface area (Å²) in [6, 6.07) is 4.41. The van der Waals surface area contributed by atoms with Gasteiger partial charge in [-0.15, -0.1) is 0 Å². The fourth-order valence-corrected chi connectivity index (χ4v) is 1.34. The minimum absolute atomic E-state index is 0.0308. The summed E-state index contributed by atoms with van der Waals surface area (Å²) >= 11 is 0. The molecule has 0 aromatic heterocycles. The monoisotopic (exact) mass is 177 g/mol. The van der Waals surface area contributed by atoms with Crippen LogP contribution in [-0.4, -0.2) is 16.9 Å². The molecular formula is C9H7NO3. The largest absolute Gasteiger partial charge is 0.508 e. The van der Waals surface area contributed by atoms with Crippen LogP contribution in [0.1, 0.15) is 15.9 Å². The third-order valence-electron chi connectivity index (χ3n) is 1.94. The molecule has 0 unspecified atom stereocenters. The molecule has 0 radical (unpaired) electrons. The molecule has 0 fully saturated rings. The van der Waals surface area contributed by atoms with Crippen LogP contribution in [0.3, 0.4) is 0 Å². The second-order valence-corrected chi connectivity index (χ2v) is 2.90. The van der Waals surface area contributed by atoms with Gasteiger partial charge in [-0.3, -0.25) is 14.9 Å². The first kappa shape index (κ1) is 7.79. The van der Waals surface area contributed by atoms with Crippen molar-refractivity contribution in [1.82, 2.24) is 5.32 Å². The Balaban J connectivity index is 2.55. The van der Waals surface area contributed by atoms with Crippen molar-refractivity contribution < 1.29 is 14.7 Å². The van der Waals surface area contributed by atoms with Crippen molar-refractivity contribution in [2.45, 2.75) is 6.42 Å². The highest BCUT2D eigenvalue weighted by Crippen LogP contribution is 2.19. The van der Waals surface area contributed by atoms with Gasteiger partial charge in [-0.2, -0.15) is 0 Å². The van der Waals surface area contributed by atoms with E-state index in [0.717, 1.165) is 0 Å². The van der Waals surface area contributed by atoms with Gasteiger partial charge in [-0.05, 0) is 17.7 Å². The lowest BCUT2D eigenvalue weighted by Crippen LogP contribution is -2.37. The van der Waals surface area contributed by atoms with E-state index in [1.165, 1.54) is 12.1 Å². The number of rotatable bonds is 0. The fraction of sp³-hybridized carbons (Fsp3) is 0.111. The van der Waals surface area contributed by atoms with Gasteiger partial charge in [0.25, 0.3) is 5.91 Å². The van der Waals surface area contributed by atoms with E-state index in [1.54, 1.807) is 6.07 Å². The molecule has 0 bridgehead atoms. The number of hydrogen-bond acceptors (Lipinski definition) is 3. The predicted molar refractivity (Wildman–Crippen MR) is 44.3 cm³/mol. The minimum atomic E-state index is -0.442. The molecule has 0 saturated carbocycles. The number of carbonyl (C=O) groups is 2. The van der Waals surface area contributed by atoms with Crippen LogP contribution in [0, 0.1) is 0 Å². The topological polar surface area (TPSA) is 66.4 Å². The van der Waals surface area contributed by atoms with Crippen LogP contribution in [-0.2, 0) is 11.2 Å². The Morgan fingerprint density at radius 2 is 2.08 bits per heavy atom. The van der Waals surface area contributed by atoms with E-state index < -0.39 is 5.91 Å². The molecule has 1 aromatic carbocycles. The number of phenolic OH excluding ortho intramolecular Hbond substituents is 1. The molecule has 66 valence electrons. The smallest absolute Gasteiger partial charge is 0.258 e. The van der Waals surface area contributed by atoms with Crippen LogP contribution in [0.5, 0.6) is 5.75 Å². The quantitative estimate of drug-likeness (QED) is 0.556. The Hall–Kier alpha value is -1.84. The third kappa shape index (κ3) is 1.26. The number of amides is 2. The summed E-state index contributed by atoms with van der Waals surface area (Å²) in [6.07, 6.45) is 0.196. The molecule has 13 heavy (non-hydrogen) atoms. The standard InChI is InChI=1S/C9H7NO3/c11-6-2-1-5-3-8(12)10-9(13)7(5)4-6/h1-2,4,11H,3H2,(H,10,12,13). The third-order valence-corrected chi connectivity index (χ3v) is 1.94. The van der Waals surface area contributed by atoms with Gasteiger partial charge in [0.05, 0.1) is 6.42 Å². The number of phenols is 1. The molecule has 4 nitrogen and oxygen atoms in total. The maximum absolute atomic E-state index is 11.2. The zero-order valence-electron chi connectivity index (χ0n) is 6.70. The maximum atomic E-state index is 11.2. The number of imide groups is 1. The summed E-state index contributed by atoms with van der Waals surface area (Å²) in [5.41, 5.74) is 1.03. The van der Waals surface area contributed by atoms with E-state index in [2.05, 4.69) is 5.32 Å². The summed E-state index contributed by atoms with van der Waals surface area (Å²) in [6.45, 7) is 0. The lowest BCUT2D eigenvalue weighted by atomic mass is 10.00. The second kappa shape index (κ2) is 2.58. The van der Waals surface area contributed by atoms with Crippen molar-refractivity contribution in [1.29, 1.82) is 0 Å². The predicted octanol–water partition coefficient (Wildman–Crippen LogP) is 0.205. The molecule has 0 aliphatic carbocycles. The number of hydrogen-bond donors (Lipinski definition) is 2. The van der Waals surface area contributed by atoms with Crippen molar-refractivity contribution in [3.8, 4) is 5.75 Å². The van der Waals surface area contributed by atoms with Crippen LogP contribution in [0.15, 0.2) is 18.2 Å². The van der Waals surface area contributed by atoms with E-state index in [4.69, 9.17) is 5.11 Å². The highest BCUT2D eigenvalue weighted by Gasteiger charge is 2.21. The van der Waals surface area contributed by atoms with Crippen molar-refractivity contribution in [2.24, 2.45) is 0 Å². The first-order valence-electron chi connectivity index (χ1n) is 3.83. The fourth-order valence-electron chi connectivity index (χ4n) is 1.34. The molecule has 0 saturated heterocycles. The Bertz CT molecular complexity index is 398. The molecular weight excluding hydrogens is 170 g/mol. The number of benzene rings is 1. The van der Waals surface area contributed by atoms with E-state index in [0.29, 0.717) is 11.1 Å². The van der Waals surface area contributed by atoms with E-state index in [1.807, 2.05) is 0 Å². The molecule has 1 aliphatic heterocycles. The molecule has 4 heteroatoms. The number of nitrogens with one attached hydrogen (secondary N) is 1. The van der Waals surface area contributed by atoms with E-state index in [-0.39, 0.29) is 18.1 Å². The number of aromatic hydroxyl groups is 1. The van der Waals surface area contributed by atoms with Crippen LogP contribution in [0.2, 0.25) is 0 Å². The van der Waals surface area contributed by atoms with Crippen molar-refractivity contribution in [2.75, 3.05) is 0 Å². The van der Waals surface area contributed by atoms with Gasteiger partial charge >= 0.3 is 0 Å². The molecule has 1 aromatic rings. The Labute approximate surface area is 74.2 Å². The average Bonchev–Trinajstić information content (AvgIpc) is 2.06. The molecule has 2 N–H and O–H groups in total. The highest BCUT2D eigenvalue weighted by molar-refractivity contribution is 6.09. The zero-order chi connectivity index (χ0) is 9.42. The maximum Gasteiger partial charge on any atom is 0.258 e. The highest BCUT2D eigenvalue weighted by atomic mass is 16.3. The van der Waals surface area contributed by atoms with Crippen molar-refractivity contribution >= 4 is 11.8 Å². The minimum Gasteiger partial charge on any atom is -0.508 e. The van der Waals surface area contributed by atoms with Gasteiger partial charge in [0.15, 0.2) is 0 Å². The van der Waals surface area contributed by atoms with Gasteiger partial charge in [0.1, 0.15) is 5.75 Å². The molecule has 0 spiro atoms. The van der Waals surface area contributed by atoms with Crippen LogP contribution < -0.4 is 5.32 Å². The van der Waals surface area contributed by atoms with Crippen LogP contribution >= 0.6 is 0 Å². The molecule has 1 aliphatic rings. The van der Waals surface area contributed by atoms with Gasteiger partial charge in [0, 0.05) is 5.56 Å². The Morgan fingerprint density at radius 3 is 2.85 bits per heavy atom. The van der Waals surface area contributed by atoms with Crippen LogP contribution in [0.25, 0.3) is 0 Å². The average molecular weight is 177 g/mol. The normalized spacial score (nSPS) is 15.1. The zero-order valence-corrected chi connectivity index (χ0v) is 6.70. The SMILES string of the molecule is O=C1Cc2ccc(O)cc2C(=O)N1. The second-order valence-electron chi connectivity index (χ2n) is 2.90. The van der Waals surface area contributed by atoms with E-state index in [9.17, 15) is 9.59 Å². The number of fused-ring (bicyclic) bond motifs is 1. The van der Waals surface area contributed by atoms with Gasteiger partial charge in [-0.25, -0.2) is 0 Å². The van der Waals surface area contributed by atoms with Crippen molar-refractivity contribution in [3.63, 3.8) is 0 Å². The molecule has 0 atom stereocenters. The van der Waals surface area contributed by atoms with Gasteiger partial charge in [-0.1, -0.05) is 6.07 Å². The first-order valence-corrected chi connectivity index (χ1v) is 3.83. The Kier molecular flexibility index (Phi) is 1.55. The Morgan fingerprint density at radius 1 is 1.31 bits per heavy atom. The van der Waals surface area contributed by atoms with Gasteiger partial charge < -0.3 is 5.11 Å². The molecule has 2 rings (SSSR count). The number of carbonyl (C=O) groups excluding carboxylic acids is 2. The summed E-state index contributed by atoms with van der Waals surface area (Å²) in [5, 5.41) is 11.3. The summed E-state index contributed by atoms with van der Waals surface area (Å²) in [7, 11) is 0. The molecule has 1 heterocycles. The van der Waals surface area contributed by atoms with Crippen molar-refractivity contribution in [3.05, 3.63) is 29.3 Å². The lowest BCUT2D eigenvalue weighted by Gasteiger charge is -2.14. The first-order chi connectivity index (χ1) is 6.16. The summed E-state index contributed by atoms with van der Waals surface area (Å²) in [4.78, 5) is 22.1. The van der Waals surface area contributed by atoms with E-state index >= 15 is 0 Å². The van der Waals surface area contributed by atoms with Crippen LogP contribution in [0.4, 0.5) is 0 Å². The summed E-state index contributed by atoms with van der Waals surface area (Å²) in [5.74, 6) is -0.714. The molecule has 2 amide bonds.